The Labute approximate surface area is 108 Å². The van der Waals surface area contributed by atoms with Gasteiger partial charge in [0.25, 0.3) is 0 Å². The fraction of sp³-hybridized carbons (Fsp3) is 0.500. The Kier molecular flexibility index (Phi) is 5.65. The molecule has 1 rings (SSSR count). The Balaban J connectivity index is 2.53. The molecule has 1 amide bonds. The van der Waals surface area contributed by atoms with Gasteiger partial charge in [-0.05, 0) is 42.5 Å². The smallest absolute Gasteiger partial charge is 0.217 e. The van der Waals surface area contributed by atoms with Gasteiger partial charge in [-0.15, -0.1) is 0 Å². The van der Waals surface area contributed by atoms with Crippen molar-refractivity contribution in [2.24, 2.45) is 11.7 Å². The van der Waals surface area contributed by atoms with Crippen molar-refractivity contribution >= 4 is 5.91 Å². The van der Waals surface area contributed by atoms with Gasteiger partial charge in [0, 0.05) is 13.0 Å². The summed E-state index contributed by atoms with van der Waals surface area (Å²) in [6, 6.07) is 5.79. The van der Waals surface area contributed by atoms with Gasteiger partial charge in [0.15, 0.2) is 0 Å². The normalized spacial score (nSPS) is 12.2. The number of carbonyl (C=O) groups is 1. The number of benzene rings is 1. The second kappa shape index (κ2) is 7.01. The molecule has 0 aliphatic heterocycles. The summed E-state index contributed by atoms with van der Waals surface area (Å²) in [4.78, 5) is 10.7. The zero-order valence-corrected chi connectivity index (χ0v) is 11.0. The van der Waals surface area contributed by atoms with Crippen LogP contribution in [0.4, 0.5) is 0 Å². The molecule has 0 unspecified atom stereocenters. The lowest BCUT2D eigenvalue weighted by Gasteiger charge is -2.13. The first-order chi connectivity index (χ1) is 8.52. The van der Waals surface area contributed by atoms with Crippen LogP contribution in [0.1, 0.15) is 24.5 Å². The lowest BCUT2D eigenvalue weighted by Crippen LogP contribution is -2.19. The summed E-state index contributed by atoms with van der Waals surface area (Å²) >= 11 is 0. The Morgan fingerprint density at radius 2 is 2.22 bits per heavy atom. The van der Waals surface area contributed by atoms with E-state index in [4.69, 9.17) is 15.6 Å². The summed E-state index contributed by atoms with van der Waals surface area (Å²) in [5.41, 5.74) is 7.34. The number of ether oxygens (including phenoxy) is 1. The van der Waals surface area contributed by atoms with Crippen molar-refractivity contribution in [3.05, 3.63) is 29.3 Å². The van der Waals surface area contributed by atoms with Crippen molar-refractivity contribution in [3.8, 4) is 5.75 Å². The maximum absolute atomic E-state index is 10.7. The second-order valence-corrected chi connectivity index (χ2v) is 4.65. The highest BCUT2D eigenvalue weighted by Gasteiger charge is 2.07. The first-order valence-corrected chi connectivity index (χ1v) is 6.14. The predicted molar refractivity (Wildman–Crippen MR) is 70.4 cm³/mol. The zero-order chi connectivity index (χ0) is 13.5. The molecule has 0 aromatic heterocycles. The Hall–Kier alpha value is -1.55. The zero-order valence-electron chi connectivity index (χ0n) is 11.0. The Morgan fingerprint density at radius 1 is 1.50 bits per heavy atom. The van der Waals surface area contributed by atoms with Crippen LogP contribution < -0.4 is 10.5 Å². The van der Waals surface area contributed by atoms with E-state index in [1.807, 2.05) is 32.0 Å². The minimum atomic E-state index is -0.305. The first-order valence-electron chi connectivity index (χ1n) is 6.14. The van der Waals surface area contributed by atoms with Crippen molar-refractivity contribution in [1.29, 1.82) is 0 Å². The summed E-state index contributed by atoms with van der Waals surface area (Å²) in [6.07, 6.45) is 0.992. The number of aryl methyl sites for hydroxylation is 1. The third-order valence-corrected chi connectivity index (χ3v) is 2.78. The van der Waals surface area contributed by atoms with Crippen LogP contribution in [-0.2, 0) is 11.2 Å². The third-order valence-electron chi connectivity index (χ3n) is 2.78. The fourth-order valence-electron chi connectivity index (χ4n) is 1.80. The molecule has 0 heterocycles. The van der Waals surface area contributed by atoms with Crippen molar-refractivity contribution in [1.82, 2.24) is 0 Å². The molecule has 1 aromatic rings. The average Bonchev–Trinajstić information content (AvgIpc) is 2.29. The van der Waals surface area contributed by atoms with E-state index in [2.05, 4.69) is 0 Å². The quantitative estimate of drug-likeness (QED) is 0.769. The maximum Gasteiger partial charge on any atom is 0.217 e. The lowest BCUT2D eigenvalue weighted by molar-refractivity contribution is -0.119. The van der Waals surface area contributed by atoms with Crippen LogP contribution in [0.2, 0.25) is 0 Å². The number of hydrogen-bond donors (Lipinski definition) is 2. The average molecular weight is 251 g/mol. The van der Waals surface area contributed by atoms with Gasteiger partial charge in [0.1, 0.15) is 5.75 Å². The number of aliphatic hydroxyl groups is 1. The first kappa shape index (κ1) is 14.5. The van der Waals surface area contributed by atoms with Gasteiger partial charge in [-0.2, -0.15) is 0 Å². The summed E-state index contributed by atoms with van der Waals surface area (Å²) < 4.78 is 5.61. The molecule has 0 radical (unpaired) electrons. The summed E-state index contributed by atoms with van der Waals surface area (Å²) in [5, 5.41) is 8.90. The van der Waals surface area contributed by atoms with Crippen molar-refractivity contribution in [2.75, 3.05) is 13.2 Å². The van der Waals surface area contributed by atoms with E-state index in [1.165, 1.54) is 0 Å². The largest absolute Gasteiger partial charge is 0.493 e. The van der Waals surface area contributed by atoms with Crippen LogP contribution in [0.5, 0.6) is 5.75 Å². The predicted octanol–water partition coefficient (Wildman–Crippen LogP) is 1.42. The Bertz CT molecular complexity index is 404. The molecule has 3 N–H and O–H groups in total. The van der Waals surface area contributed by atoms with E-state index in [0.29, 0.717) is 19.4 Å². The molecule has 100 valence electrons. The molecule has 1 atom stereocenters. The van der Waals surface area contributed by atoms with Gasteiger partial charge in [-0.3, -0.25) is 4.79 Å². The van der Waals surface area contributed by atoms with E-state index in [1.54, 1.807) is 0 Å². The van der Waals surface area contributed by atoms with Crippen LogP contribution >= 0.6 is 0 Å². The molecule has 0 aliphatic carbocycles. The molecule has 4 heteroatoms. The molecule has 0 spiro atoms. The molecule has 18 heavy (non-hydrogen) atoms. The van der Waals surface area contributed by atoms with Crippen LogP contribution in [0.15, 0.2) is 18.2 Å². The van der Waals surface area contributed by atoms with Crippen LogP contribution in [-0.4, -0.2) is 24.2 Å². The minimum absolute atomic E-state index is 0.111. The van der Waals surface area contributed by atoms with Gasteiger partial charge in [0.05, 0.1) is 6.61 Å². The molecular weight excluding hydrogens is 230 g/mol. The van der Waals surface area contributed by atoms with Crippen LogP contribution in [0.3, 0.4) is 0 Å². The molecule has 4 nitrogen and oxygen atoms in total. The van der Waals surface area contributed by atoms with E-state index in [-0.39, 0.29) is 18.4 Å². The number of primary amides is 1. The number of amides is 1. The summed E-state index contributed by atoms with van der Waals surface area (Å²) in [6.45, 7) is 4.54. The fourth-order valence-corrected chi connectivity index (χ4v) is 1.80. The van der Waals surface area contributed by atoms with Crippen molar-refractivity contribution in [2.45, 2.75) is 26.7 Å². The highest BCUT2D eigenvalue weighted by atomic mass is 16.5. The highest BCUT2D eigenvalue weighted by Crippen LogP contribution is 2.18. The second-order valence-electron chi connectivity index (χ2n) is 4.65. The lowest BCUT2D eigenvalue weighted by atomic mass is 10.1. The highest BCUT2D eigenvalue weighted by molar-refractivity contribution is 5.73. The van der Waals surface area contributed by atoms with Crippen LogP contribution in [0, 0.1) is 12.8 Å². The molecule has 0 saturated carbocycles. The van der Waals surface area contributed by atoms with E-state index >= 15 is 0 Å². The van der Waals surface area contributed by atoms with Gasteiger partial charge < -0.3 is 15.6 Å². The van der Waals surface area contributed by atoms with E-state index in [0.717, 1.165) is 16.9 Å². The molecular formula is C14H21NO3. The molecule has 0 aliphatic rings. The standard InChI is InChI=1S/C14H21NO3/c1-10(7-14(15)17)9-18-13-4-3-12(5-6-16)11(2)8-13/h3-4,8,10,16H,5-7,9H2,1-2H3,(H2,15,17)/t10-/m0/s1. The van der Waals surface area contributed by atoms with Gasteiger partial charge in [0.2, 0.25) is 5.91 Å². The SMILES string of the molecule is Cc1cc(OC[C@@H](C)CC(N)=O)ccc1CCO. The molecule has 1 aromatic carbocycles. The number of carbonyl (C=O) groups excluding carboxylic acids is 1. The number of nitrogens with two attached hydrogens (primary N) is 1. The third kappa shape index (κ3) is 4.75. The number of aliphatic hydroxyl groups excluding tert-OH is 1. The number of hydrogen-bond acceptors (Lipinski definition) is 3. The number of rotatable bonds is 7. The van der Waals surface area contributed by atoms with Gasteiger partial charge in [-0.25, -0.2) is 0 Å². The molecule has 0 bridgehead atoms. The molecule has 0 saturated heterocycles. The van der Waals surface area contributed by atoms with Crippen molar-refractivity contribution < 1.29 is 14.6 Å². The van der Waals surface area contributed by atoms with Gasteiger partial charge in [-0.1, -0.05) is 13.0 Å². The van der Waals surface area contributed by atoms with E-state index < -0.39 is 0 Å². The Morgan fingerprint density at radius 3 is 2.78 bits per heavy atom. The summed E-state index contributed by atoms with van der Waals surface area (Å²) in [7, 11) is 0. The maximum atomic E-state index is 10.7. The topological polar surface area (TPSA) is 72.5 Å². The minimum Gasteiger partial charge on any atom is -0.493 e. The van der Waals surface area contributed by atoms with Crippen LogP contribution in [0.25, 0.3) is 0 Å². The summed E-state index contributed by atoms with van der Waals surface area (Å²) in [5.74, 6) is 0.589. The van der Waals surface area contributed by atoms with Gasteiger partial charge >= 0.3 is 0 Å². The van der Waals surface area contributed by atoms with Crippen molar-refractivity contribution in [3.63, 3.8) is 0 Å². The monoisotopic (exact) mass is 251 g/mol. The van der Waals surface area contributed by atoms with E-state index in [9.17, 15) is 4.79 Å². The molecule has 0 fully saturated rings.